The molecule has 1 unspecified atom stereocenters. The van der Waals surface area contributed by atoms with Crippen LogP contribution in [-0.2, 0) is 0 Å². The molecule has 0 aromatic heterocycles. The van der Waals surface area contributed by atoms with Crippen molar-refractivity contribution in [3.8, 4) is 0 Å². The molecular weight excluding hydrogens is 236 g/mol. The Labute approximate surface area is 117 Å². The molecule has 0 bridgehead atoms. The van der Waals surface area contributed by atoms with Gasteiger partial charge in [0.15, 0.2) is 0 Å². The Morgan fingerprint density at radius 1 is 1.21 bits per heavy atom. The number of rotatable bonds is 5. The second-order valence-electron chi connectivity index (χ2n) is 6.89. The largest absolute Gasteiger partial charge is 0.387 e. The highest BCUT2D eigenvalue weighted by Crippen LogP contribution is 2.24. The third-order valence-corrected chi connectivity index (χ3v) is 4.94. The number of hydrogen-bond acceptors (Lipinski definition) is 3. The summed E-state index contributed by atoms with van der Waals surface area (Å²) in [5, 5.41) is 7.62. The van der Waals surface area contributed by atoms with Crippen LogP contribution in [0.25, 0.3) is 0 Å². The maximum atomic E-state index is 7.62. The first kappa shape index (κ1) is 14.8. The summed E-state index contributed by atoms with van der Waals surface area (Å²) in [6.45, 7) is 10.3. The lowest BCUT2D eigenvalue weighted by Gasteiger charge is -2.32. The lowest BCUT2D eigenvalue weighted by molar-refractivity contribution is 0.160. The van der Waals surface area contributed by atoms with Crippen LogP contribution in [0.1, 0.15) is 46.0 Å². The first-order valence-electron chi connectivity index (χ1n) is 7.80. The van der Waals surface area contributed by atoms with Crippen molar-refractivity contribution >= 4 is 5.84 Å². The molecule has 2 aliphatic heterocycles. The van der Waals surface area contributed by atoms with E-state index in [4.69, 9.17) is 11.1 Å². The Balaban J connectivity index is 1.74. The Kier molecular flexibility index (Phi) is 4.85. The quantitative estimate of drug-likeness (QED) is 0.590. The van der Waals surface area contributed by atoms with Gasteiger partial charge in [-0.2, -0.15) is 0 Å². The van der Waals surface area contributed by atoms with E-state index in [0.29, 0.717) is 5.84 Å². The van der Waals surface area contributed by atoms with Gasteiger partial charge in [-0.05, 0) is 51.9 Å². The molecule has 1 atom stereocenters. The maximum absolute atomic E-state index is 7.62. The first-order valence-corrected chi connectivity index (χ1v) is 7.80. The number of piperidine rings is 1. The van der Waals surface area contributed by atoms with E-state index in [1.54, 1.807) is 0 Å². The summed E-state index contributed by atoms with van der Waals surface area (Å²) < 4.78 is 0. The van der Waals surface area contributed by atoms with Crippen molar-refractivity contribution in [1.82, 2.24) is 9.80 Å². The molecule has 0 saturated carbocycles. The van der Waals surface area contributed by atoms with Crippen LogP contribution in [0.3, 0.4) is 0 Å². The summed E-state index contributed by atoms with van der Waals surface area (Å²) >= 11 is 0. The molecule has 0 aliphatic carbocycles. The molecule has 0 aromatic rings. The van der Waals surface area contributed by atoms with Crippen LogP contribution in [0.15, 0.2) is 0 Å². The van der Waals surface area contributed by atoms with Crippen LogP contribution in [0.2, 0.25) is 0 Å². The molecular formula is C15H30N4. The second-order valence-corrected chi connectivity index (χ2v) is 6.89. The highest BCUT2D eigenvalue weighted by atomic mass is 15.3. The normalized spacial score (nSPS) is 26.7. The lowest BCUT2D eigenvalue weighted by Crippen LogP contribution is -2.41. The minimum absolute atomic E-state index is 0.150. The summed E-state index contributed by atoms with van der Waals surface area (Å²) in [5.41, 5.74) is 5.51. The Hall–Kier alpha value is -0.610. The maximum Gasteiger partial charge on any atom is 0.0963 e. The molecule has 2 saturated heterocycles. The van der Waals surface area contributed by atoms with E-state index in [9.17, 15) is 0 Å². The van der Waals surface area contributed by atoms with Gasteiger partial charge in [0.05, 0.1) is 5.84 Å². The van der Waals surface area contributed by atoms with Crippen molar-refractivity contribution in [2.24, 2.45) is 11.1 Å². The minimum atomic E-state index is -0.150. The van der Waals surface area contributed by atoms with Gasteiger partial charge in [-0.3, -0.25) is 10.3 Å². The molecule has 110 valence electrons. The van der Waals surface area contributed by atoms with E-state index in [1.807, 2.05) is 0 Å². The van der Waals surface area contributed by atoms with Gasteiger partial charge in [-0.25, -0.2) is 0 Å². The molecule has 2 fully saturated rings. The van der Waals surface area contributed by atoms with E-state index >= 15 is 0 Å². The van der Waals surface area contributed by atoms with Crippen LogP contribution in [0.5, 0.6) is 0 Å². The van der Waals surface area contributed by atoms with Crippen molar-refractivity contribution in [3.05, 3.63) is 0 Å². The van der Waals surface area contributed by atoms with Crippen molar-refractivity contribution in [2.45, 2.75) is 52.0 Å². The number of amidine groups is 1. The number of nitrogens with one attached hydrogen (secondary N) is 1. The zero-order chi connectivity index (χ0) is 13.9. The van der Waals surface area contributed by atoms with Crippen LogP contribution >= 0.6 is 0 Å². The summed E-state index contributed by atoms with van der Waals surface area (Å²) in [6.07, 6.45) is 6.50. The van der Waals surface area contributed by atoms with Crippen molar-refractivity contribution < 1.29 is 0 Å². The molecule has 2 heterocycles. The number of nitrogens with zero attached hydrogens (tertiary/aromatic N) is 2. The fraction of sp³-hybridized carbons (Fsp3) is 0.933. The van der Waals surface area contributed by atoms with Gasteiger partial charge in [0.2, 0.25) is 0 Å². The van der Waals surface area contributed by atoms with Gasteiger partial charge in [-0.15, -0.1) is 0 Å². The average molecular weight is 266 g/mol. The predicted octanol–water partition coefficient (Wildman–Crippen LogP) is 1.90. The molecule has 4 nitrogen and oxygen atoms in total. The van der Waals surface area contributed by atoms with E-state index in [-0.39, 0.29) is 5.41 Å². The smallest absolute Gasteiger partial charge is 0.0963 e. The van der Waals surface area contributed by atoms with Gasteiger partial charge in [-0.1, -0.05) is 20.3 Å². The first-order chi connectivity index (χ1) is 8.99. The van der Waals surface area contributed by atoms with Gasteiger partial charge in [0.25, 0.3) is 0 Å². The van der Waals surface area contributed by atoms with Gasteiger partial charge in [0.1, 0.15) is 0 Å². The summed E-state index contributed by atoms with van der Waals surface area (Å²) in [6, 6.07) is 0.778. The van der Waals surface area contributed by atoms with Crippen LogP contribution in [-0.4, -0.2) is 54.4 Å². The molecule has 2 rings (SSSR count). The Bertz CT molecular complexity index is 307. The fourth-order valence-corrected chi connectivity index (χ4v) is 3.17. The zero-order valence-corrected chi connectivity index (χ0v) is 12.6. The third-order valence-electron chi connectivity index (χ3n) is 4.94. The van der Waals surface area contributed by atoms with E-state index in [0.717, 1.165) is 19.0 Å². The highest BCUT2D eigenvalue weighted by Gasteiger charge is 2.30. The van der Waals surface area contributed by atoms with Gasteiger partial charge in [0, 0.05) is 18.0 Å². The number of likely N-dealkylation sites (tertiary alicyclic amines) is 2. The number of nitrogens with two attached hydrogens (primary N) is 1. The summed E-state index contributed by atoms with van der Waals surface area (Å²) in [5.74, 6) is 0.319. The topological polar surface area (TPSA) is 56.4 Å². The van der Waals surface area contributed by atoms with Gasteiger partial charge >= 0.3 is 0 Å². The molecule has 0 spiro atoms. The highest BCUT2D eigenvalue weighted by molar-refractivity contribution is 5.82. The summed E-state index contributed by atoms with van der Waals surface area (Å²) in [7, 11) is 0. The Morgan fingerprint density at radius 2 is 1.89 bits per heavy atom. The average Bonchev–Trinajstić information content (AvgIpc) is 2.86. The van der Waals surface area contributed by atoms with E-state index in [1.165, 1.54) is 51.9 Å². The summed E-state index contributed by atoms with van der Waals surface area (Å²) in [4.78, 5) is 5.25. The van der Waals surface area contributed by atoms with Crippen molar-refractivity contribution in [3.63, 3.8) is 0 Å². The van der Waals surface area contributed by atoms with Crippen molar-refractivity contribution in [1.29, 1.82) is 5.41 Å². The van der Waals surface area contributed by atoms with Crippen LogP contribution in [0, 0.1) is 10.8 Å². The third kappa shape index (κ3) is 3.93. The number of hydrogen-bond donors (Lipinski definition) is 2. The van der Waals surface area contributed by atoms with Crippen LogP contribution < -0.4 is 5.73 Å². The molecule has 4 heteroatoms. The van der Waals surface area contributed by atoms with Crippen LogP contribution in [0.4, 0.5) is 0 Å². The van der Waals surface area contributed by atoms with E-state index < -0.39 is 0 Å². The van der Waals surface area contributed by atoms with E-state index in [2.05, 4.69) is 23.6 Å². The van der Waals surface area contributed by atoms with Gasteiger partial charge < -0.3 is 10.6 Å². The van der Waals surface area contributed by atoms with Crippen molar-refractivity contribution in [2.75, 3.05) is 32.7 Å². The molecule has 0 aromatic carbocycles. The second kappa shape index (κ2) is 6.23. The molecule has 3 N–H and O–H groups in total. The SMILES string of the molecule is CC(C)(CCN1CCC(N2CCCCC2)C1)C(=N)N. The zero-order valence-electron chi connectivity index (χ0n) is 12.6. The monoisotopic (exact) mass is 266 g/mol. The molecule has 19 heavy (non-hydrogen) atoms. The minimum Gasteiger partial charge on any atom is -0.387 e. The Morgan fingerprint density at radius 3 is 2.53 bits per heavy atom. The molecule has 2 aliphatic rings. The lowest BCUT2D eigenvalue weighted by atomic mass is 9.88. The standard InChI is InChI=1S/C15H30N4/c1-15(2,14(16)17)7-11-18-10-6-13(12-18)19-8-4-3-5-9-19/h13H,3-12H2,1-2H3,(H3,16,17). The molecule has 0 radical (unpaired) electrons. The predicted molar refractivity (Wildman–Crippen MR) is 80.6 cm³/mol. The molecule has 0 amide bonds. The fourth-order valence-electron chi connectivity index (χ4n) is 3.17.